The summed E-state index contributed by atoms with van der Waals surface area (Å²) in [6.07, 6.45) is 2.64. The van der Waals surface area contributed by atoms with E-state index in [4.69, 9.17) is 9.47 Å². The first-order valence-corrected chi connectivity index (χ1v) is 6.87. The van der Waals surface area contributed by atoms with Crippen molar-refractivity contribution in [3.05, 3.63) is 17.7 Å². The van der Waals surface area contributed by atoms with Gasteiger partial charge in [-0.25, -0.2) is 9.97 Å². The first-order valence-electron chi connectivity index (χ1n) is 6.87. The first kappa shape index (κ1) is 15.9. The maximum atomic E-state index is 5.73. The van der Waals surface area contributed by atoms with Gasteiger partial charge in [-0.15, -0.1) is 0 Å². The molecule has 0 aliphatic rings. The molecule has 5 heteroatoms. The minimum absolute atomic E-state index is 0.322. The summed E-state index contributed by atoms with van der Waals surface area (Å²) in [7, 11) is 1.69. The highest BCUT2D eigenvalue weighted by Crippen LogP contribution is 2.18. The van der Waals surface area contributed by atoms with Gasteiger partial charge in [0.15, 0.2) is 5.75 Å². The molecule has 5 nitrogen and oxygen atoms in total. The lowest BCUT2D eigenvalue weighted by molar-refractivity contribution is 0.171. The third-order valence-corrected chi connectivity index (χ3v) is 2.66. The number of nitrogens with zero attached hydrogens (tertiary/aromatic N) is 2. The summed E-state index contributed by atoms with van der Waals surface area (Å²) >= 11 is 0. The van der Waals surface area contributed by atoms with E-state index in [0.717, 1.165) is 30.2 Å². The second-order valence-corrected chi connectivity index (χ2v) is 4.67. The Labute approximate surface area is 115 Å². The first-order chi connectivity index (χ1) is 9.19. The molecule has 0 radical (unpaired) electrons. The van der Waals surface area contributed by atoms with Crippen LogP contribution in [0.15, 0.2) is 6.20 Å². The normalized spacial score (nSPS) is 11.0. The van der Waals surface area contributed by atoms with Crippen LogP contribution in [-0.4, -0.2) is 36.8 Å². The van der Waals surface area contributed by atoms with Crippen molar-refractivity contribution < 1.29 is 9.47 Å². The third-order valence-electron chi connectivity index (χ3n) is 2.66. The quantitative estimate of drug-likeness (QED) is 0.695. The highest BCUT2D eigenvalue weighted by atomic mass is 16.5. The van der Waals surface area contributed by atoms with Crippen molar-refractivity contribution in [2.45, 2.75) is 39.7 Å². The number of aromatic nitrogens is 2. The molecule has 1 N–H and O–H groups in total. The van der Waals surface area contributed by atoms with Crippen molar-refractivity contribution in [1.29, 1.82) is 0 Å². The van der Waals surface area contributed by atoms with Gasteiger partial charge in [-0.1, -0.05) is 20.8 Å². The average molecular weight is 267 g/mol. The van der Waals surface area contributed by atoms with Crippen LogP contribution in [0.2, 0.25) is 0 Å². The van der Waals surface area contributed by atoms with Crippen LogP contribution in [0.5, 0.6) is 5.75 Å². The van der Waals surface area contributed by atoms with Crippen LogP contribution in [0, 0.1) is 0 Å². The van der Waals surface area contributed by atoms with E-state index in [2.05, 4.69) is 36.1 Å². The molecule has 19 heavy (non-hydrogen) atoms. The van der Waals surface area contributed by atoms with Gasteiger partial charge >= 0.3 is 0 Å². The molecule has 0 bridgehead atoms. The molecule has 1 aromatic heterocycles. The average Bonchev–Trinajstić information content (AvgIpc) is 2.41. The minimum Gasteiger partial charge on any atom is -0.490 e. The second kappa shape index (κ2) is 8.82. The second-order valence-electron chi connectivity index (χ2n) is 4.67. The summed E-state index contributed by atoms with van der Waals surface area (Å²) in [6.45, 7) is 9.19. The lowest BCUT2D eigenvalue weighted by Gasteiger charge is -2.13. The summed E-state index contributed by atoms with van der Waals surface area (Å²) in [4.78, 5) is 8.93. The molecule has 0 amide bonds. The van der Waals surface area contributed by atoms with Crippen molar-refractivity contribution in [3.8, 4) is 5.75 Å². The van der Waals surface area contributed by atoms with Gasteiger partial charge < -0.3 is 14.8 Å². The molecule has 0 saturated carbocycles. The molecule has 0 unspecified atom stereocenters. The van der Waals surface area contributed by atoms with Gasteiger partial charge in [0, 0.05) is 32.6 Å². The molecule has 0 fully saturated rings. The molecule has 108 valence electrons. The van der Waals surface area contributed by atoms with E-state index >= 15 is 0 Å². The van der Waals surface area contributed by atoms with E-state index in [-0.39, 0.29) is 0 Å². The third kappa shape index (κ3) is 5.53. The van der Waals surface area contributed by atoms with E-state index in [9.17, 15) is 0 Å². The Hall–Kier alpha value is -1.20. The highest BCUT2D eigenvalue weighted by Gasteiger charge is 2.10. The molecule has 1 aromatic rings. The zero-order valence-corrected chi connectivity index (χ0v) is 12.4. The number of rotatable bonds is 9. The lowest BCUT2D eigenvalue weighted by atomic mass is 10.2. The van der Waals surface area contributed by atoms with Crippen LogP contribution in [0.4, 0.5) is 0 Å². The van der Waals surface area contributed by atoms with E-state index in [1.54, 1.807) is 13.3 Å². The Morgan fingerprint density at radius 1 is 1.32 bits per heavy atom. The molecule has 1 heterocycles. The maximum absolute atomic E-state index is 5.73. The number of nitrogens with one attached hydrogen (secondary N) is 1. The molecular formula is C14H25N3O2. The highest BCUT2D eigenvalue weighted by molar-refractivity contribution is 5.25. The van der Waals surface area contributed by atoms with Crippen LogP contribution in [0.3, 0.4) is 0 Å². The van der Waals surface area contributed by atoms with Gasteiger partial charge in [0.05, 0.1) is 18.5 Å². The fourth-order valence-electron chi connectivity index (χ4n) is 1.58. The summed E-state index contributed by atoms with van der Waals surface area (Å²) in [6, 6.07) is 0. The van der Waals surface area contributed by atoms with Crippen LogP contribution >= 0.6 is 0 Å². The number of ether oxygens (including phenoxy) is 2. The van der Waals surface area contributed by atoms with Crippen molar-refractivity contribution in [1.82, 2.24) is 15.3 Å². The molecule has 0 aromatic carbocycles. The fourth-order valence-corrected chi connectivity index (χ4v) is 1.58. The zero-order valence-electron chi connectivity index (χ0n) is 12.4. The van der Waals surface area contributed by atoms with E-state index in [1.807, 2.05) is 0 Å². The van der Waals surface area contributed by atoms with Crippen molar-refractivity contribution in [2.75, 3.05) is 26.9 Å². The van der Waals surface area contributed by atoms with Gasteiger partial charge in [0.25, 0.3) is 0 Å². The lowest BCUT2D eigenvalue weighted by Crippen LogP contribution is -2.16. The smallest absolute Gasteiger partial charge is 0.160 e. The van der Waals surface area contributed by atoms with E-state index < -0.39 is 0 Å². The van der Waals surface area contributed by atoms with Crippen molar-refractivity contribution >= 4 is 0 Å². The summed E-state index contributed by atoms with van der Waals surface area (Å²) in [5.74, 6) is 1.95. The van der Waals surface area contributed by atoms with E-state index in [1.165, 1.54) is 0 Å². The van der Waals surface area contributed by atoms with Crippen LogP contribution in [0.25, 0.3) is 0 Å². The molecule has 0 saturated heterocycles. The Morgan fingerprint density at radius 2 is 2.11 bits per heavy atom. The van der Waals surface area contributed by atoms with E-state index in [0.29, 0.717) is 25.7 Å². The molecule has 0 aliphatic heterocycles. The zero-order chi connectivity index (χ0) is 14.1. The predicted octanol–water partition coefficient (Wildman–Crippen LogP) is 2.12. The largest absolute Gasteiger partial charge is 0.490 e. The van der Waals surface area contributed by atoms with Gasteiger partial charge in [-0.2, -0.15) is 0 Å². The topological polar surface area (TPSA) is 56.3 Å². The van der Waals surface area contributed by atoms with Crippen LogP contribution in [0.1, 0.15) is 44.6 Å². The van der Waals surface area contributed by atoms with Gasteiger partial charge in [-0.05, 0) is 6.54 Å². The van der Waals surface area contributed by atoms with Gasteiger partial charge in [0.1, 0.15) is 5.82 Å². The van der Waals surface area contributed by atoms with Crippen molar-refractivity contribution in [2.24, 2.45) is 0 Å². The SMILES string of the molecule is CCNCc1nc(C(C)C)ncc1OCCCOC. The van der Waals surface area contributed by atoms with Gasteiger partial charge in [-0.3, -0.25) is 0 Å². The Bertz CT molecular complexity index is 370. The maximum Gasteiger partial charge on any atom is 0.160 e. The monoisotopic (exact) mass is 267 g/mol. The summed E-state index contributed by atoms with van der Waals surface area (Å²) in [5, 5.41) is 3.28. The molecular weight excluding hydrogens is 242 g/mol. The Kier molecular flexibility index (Phi) is 7.36. The molecule has 0 aliphatic carbocycles. The number of hydrogen-bond donors (Lipinski definition) is 1. The summed E-state index contributed by atoms with van der Waals surface area (Å²) in [5.41, 5.74) is 0.929. The number of hydrogen-bond acceptors (Lipinski definition) is 5. The Balaban J connectivity index is 2.71. The predicted molar refractivity (Wildman–Crippen MR) is 75.5 cm³/mol. The standard InChI is InChI=1S/C14H25N3O2/c1-5-15-9-12-13(19-8-6-7-18-4)10-16-14(17-12)11(2)3/h10-11,15H,5-9H2,1-4H3. The van der Waals surface area contributed by atoms with Gasteiger partial charge in [0.2, 0.25) is 0 Å². The van der Waals surface area contributed by atoms with Crippen LogP contribution in [-0.2, 0) is 11.3 Å². The molecule has 0 spiro atoms. The molecule has 0 atom stereocenters. The van der Waals surface area contributed by atoms with Crippen molar-refractivity contribution in [3.63, 3.8) is 0 Å². The van der Waals surface area contributed by atoms with Crippen LogP contribution < -0.4 is 10.1 Å². The fraction of sp³-hybridized carbons (Fsp3) is 0.714. The minimum atomic E-state index is 0.322. The molecule has 1 rings (SSSR count). The Morgan fingerprint density at radius 3 is 2.74 bits per heavy atom. The summed E-state index contributed by atoms with van der Waals surface area (Å²) < 4.78 is 10.7. The number of methoxy groups -OCH3 is 1.